The molecule has 0 aliphatic heterocycles. The van der Waals surface area contributed by atoms with Gasteiger partial charge in [-0.05, 0) is 23.8 Å². The van der Waals surface area contributed by atoms with Crippen LogP contribution in [-0.4, -0.2) is 5.78 Å². The number of Topliss-reactive ketones (excluding diaryl/α,β-unsaturated/α-hetero) is 1. The first-order valence-electron chi connectivity index (χ1n) is 4.98. The molecular weight excluding hydrogens is 148 g/mol. The third kappa shape index (κ3) is 1.33. The largest absolute Gasteiger partial charge is 0.295 e. The number of carbonyl (C=O) groups is 1. The van der Waals surface area contributed by atoms with Crippen LogP contribution in [0.4, 0.5) is 0 Å². The summed E-state index contributed by atoms with van der Waals surface area (Å²) in [5.74, 6) is 1.83. The molecule has 2 rings (SSSR count). The van der Waals surface area contributed by atoms with E-state index in [0.717, 1.165) is 24.3 Å². The quantitative estimate of drug-likeness (QED) is 0.544. The number of carbonyl (C=O) groups excluding carboxylic acids is 1. The molecule has 1 heteroatoms. The van der Waals surface area contributed by atoms with Crippen LogP contribution in [0.5, 0.6) is 0 Å². The zero-order chi connectivity index (χ0) is 8.55. The number of hydrogen-bond donors (Lipinski definition) is 0. The van der Waals surface area contributed by atoms with Crippen molar-refractivity contribution in [3.63, 3.8) is 0 Å². The van der Waals surface area contributed by atoms with Gasteiger partial charge in [0.15, 0.2) is 5.78 Å². The fourth-order valence-electron chi connectivity index (χ4n) is 2.65. The van der Waals surface area contributed by atoms with E-state index in [9.17, 15) is 4.79 Å². The second kappa shape index (κ2) is 3.04. The van der Waals surface area contributed by atoms with Crippen LogP contribution in [-0.2, 0) is 4.79 Å². The minimum Gasteiger partial charge on any atom is -0.295 e. The number of allylic oxidation sites excluding steroid dienone is 1. The molecule has 0 amide bonds. The first-order valence-corrected chi connectivity index (χ1v) is 4.98. The lowest BCUT2D eigenvalue weighted by atomic mass is 9.89. The standard InChI is InChI=1S/C11H16O/c1-8-6-10(7-11(8)12)9-4-2-3-5-9/h9-10H,1-7H2. The third-order valence-electron chi connectivity index (χ3n) is 3.42. The molecule has 2 aliphatic carbocycles. The van der Waals surface area contributed by atoms with Crippen LogP contribution in [0.15, 0.2) is 12.2 Å². The summed E-state index contributed by atoms with van der Waals surface area (Å²) in [6.07, 6.45) is 7.24. The van der Waals surface area contributed by atoms with E-state index in [1.807, 2.05) is 0 Å². The van der Waals surface area contributed by atoms with Gasteiger partial charge < -0.3 is 0 Å². The van der Waals surface area contributed by atoms with E-state index >= 15 is 0 Å². The minimum atomic E-state index is 0.326. The van der Waals surface area contributed by atoms with Crippen molar-refractivity contribution in [1.29, 1.82) is 0 Å². The lowest BCUT2D eigenvalue weighted by Crippen LogP contribution is -2.07. The van der Waals surface area contributed by atoms with Gasteiger partial charge in [0.05, 0.1) is 0 Å². The second-order valence-electron chi connectivity index (χ2n) is 4.24. The summed E-state index contributed by atoms with van der Waals surface area (Å²) in [5.41, 5.74) is 0.881. The highest BCUT2D eigenvalue weighted by Gasteiger charge is 2.33. The van der Waals surface area contributed by atoms with Crippen molar-refractivity contribution in [1.82, 2.24) is 0 Å². The Kier molecular flexibility index (Phi) is 2.03. The van der Waals surface area contributed by atoms with Crippen LogP contribution in [0, 0.1) is 11.8 Å². The molecule has 0 aromatic carbocycles. The first-order chi connectivity index (χ1) is 5.77. The molecule has 2 aliphatic rings. The fraction of sp³-hybridized carbons (Fsp3) is 0.727. The number of rotatable bonds is 1. The van der Waals surface area contributed by atoms with Gasteiger partial charge >= 0.3 is 0 Å². The third-order valence-corrected chi connectivity index (χ3v) is 3.42. The van der Waals surface area contributed by atoms with E-state index in [4.69, 9.17) is 0 Å². The van der Waals surface area contributed by atoms with Gasteiger partial charge in [0.2, 0.25) is 0 Å². The smallest absolute Gasteiger partial charge is 0.158 e. The zero-order valence-electron chi connectivity index (χ0n) is 7.51. The highest BCUT2D eigenvalue weighted by atomic mass is 16.1. The van der Waals surface area contributed by atoms with E-state index in [2.05, 4.69) is 6.58 Å². The normalized spacial score (nSPS) is 31.8. The van der Waals surface area contributed by atoms with E-state index < -0.39 is 0 Å². The highest BCUT2D eigenvalue weighted by Crippen LogP contribution is 2.40. The van der Waals surface area contributed by atoms with Gasteiger partial charge in [0.25, 0.3) is 0 Å². The Bertz CT molecular complexity index is 195. The first kappa shape index (κ1) is 8.03. The van der Waals surface area contributed by atoms with Crippen molar-refractivity contribution < 1.29 is 4.79 Å². The molecule has 0 aromatic rings. The van der Waals surface area contributed by atoms with Crippen molar-refractivity contribution in [3.8, 4) is 0 Å². The molecule has 0 aromatic heterocycles. The molecular formula is C11H16O. The van der Waals surface area contributed by atoms with E-state index in [0.29, 0.717) is 11.7 Å². The van der Waals surface area contributed by atoms with E-state index in [-0.39, 0.29) is 0 Å². The number of ketones is 1. The van der Waals surface area contributed by atoms with Crippen LogP contribution >= 0.6 is 0 Å². The Balaban J connectivity index is 1.98. The Morgan fingerprint density at radius 1 is 1.08 bits per heavy atom. The summed E-state index contributed by atoms with van der Waals surface area (Å²) in [6.45, 7) is 3.81. The average molecular weight is 164 g/mol. The van der Waals surface area contributed by atoms with Crippen molar-refractivity contribution in [2.24, 2.45) is 11.8 Å². The van der Waals surface area contributed by atoms with Crippen molar-refractivity contribution in [2.45, 2.75) is 38.5 Å². The van der Waals surface area contributed by atoms with Crippen LogP contribution in [0.3, 0.4) is 0 Å². The Hall–Kier alpha value is -0.590. The van der Waals surface area contributed by atoms with Crippen molar-refractivity contribution >= 4 is 5.78 Å². The highest BCUT2D eigenvalue weighted by molar-refractivity contribution is 5.97. The molecule has 1 unspecified atom stereocenters. The van der Waals surface area contributed by atoms with Gasteiger partial charge in [-0.1, -0.05) is 32.3 Å². The monoisotopic (exact) mass is 164 g/mol. The maximum absolute atomic E-state index is 11.2. The molecule has 1 nitrogen and oxygen atoms in total. The summed E-state index contributed by atoms with van der Waals surface area (Å²) >= 11 is 0. The zero-order valence-corrected chi connectivity index (χ0v) is 7.51. The average Bonchev–Trinajstić information content (AvgIpc) is 2.61. The Labute approximate surface area is 73.8 Å². The van der Waals surface area contributed by atoms with Crippen LogP contribution in [0.25, 0.3) is 0 Å². The molecule has 2 saturated carbocycles. The summed E-state index contributed by atoms with van der Waals surface area (Å²) in [4.78, 5) is 11.2. The van der Waals surface area contributed by atoms with Crippen molar-refractivity contribution in [3.05, 3.63) is 12.2 Å². The van der Waals surface area contributed by atoms with E-state index in [1.54, 1.807) is 0 Å². The van der Waals surface area contributed by atoms with Gasteiger partial charge in [-0.15, -0.1) is 0 Å². The molecule has 0 spiro atoms. The Morgan fingerprint density at radius 3 is 2.25 bits per heavy atom. The second-order valence-corrected chi connectivity index (χ2v) is 4.24. The predicted octanol–water partition coefficient (Wildman–Crippen LogP) is 2.71. The maximum Gasteiger partial charge on any atom is 0.158 e. The molecule has 1 atom stereocenters. The predicted molar refractivity (Wildman–Crippen MR) is 48.8 cm³/mol. The fourth-order valence-corrected chi connectivity index (χ4v) is 2.65. The molecule has 0 bridgehead atoms. The Morgan fingerprint density at radius 2 is 1.75 bits per heavy atom. The van der Waals surface area contributed by atoms with Gasteiger partial charge in [0, 0.05) is 6.42 Å². The SMILES string of the molecule is C=C1CC(C2CCCC2)CC1=O. The molecule has 0 heterocycles. The van der Waals surface area contributed by atoms with Crippen molar-refractivity contribution in [2.75, 3.05) is 0 Å². The summed E-state index contributed by atoms with van der Waals surface area (Å²) in [5, 5.41) is 0. The summed E-state index contributed by atoms with van der Waals surface area (Å²) in [7, 11) is 0. The number of hydrogen-bond acceptors (Lipinski definition) is 1. The van der Waals surface area contributed by atoms with Crippen LogP contribution in [0.1, 0.15) is 38.5 Å². The van der Waals surface area contributed by atoms with Crippen LogP contribution in [0.2, 0.25) is 0 Å². The molecule has 2 fully saturated rings. The molecule has 66 valence electrons. The summed E-state index contributed by atoms with van der Waals surface area (Å²) in [6, 6.07) is 0. The van der Waals surface area contributed by atoms with Gasteiger partial charge in [-0.2, -0.15) is 0 Å². The topological polar surface area (TPSA) is 17.1 Å². The maximum atomic E-state index is 11.2. The molecule has 0 radical (unpaired) electrons. The molecule has 12 heavy (non-hydrogen) atoms. The van der Waals surface area contributed by atoms with Gasteiger partial charge in [0.1, 0.15) is 0 Å². The van der Waals surface area contributed by atoms with Gasteiger partial charge in [-0.3, -0.25) is 4.79 Å². The summed E-state index contributed by atoms with van der Waals surface area (Å²) < 4.78 is 0. The lowest BCUT2D eigenvalue weighted by molar-refractivity contribution is -0.115. The van der Waals surface area contributed by atoms with Gasteiger partial charge in [-0.25, -0.2) is 0 Å². The molecule has 0 saturated heterocycles. The van der Waals surface area contributed by atoms with Crippen LogP contribution < -0.4 is 0 Å². The molecule has 0 N–H and O–H groups in total. The lowest BCUT2D eigenvalue weighted by Gasteiger charge is -2.15. The van der Waals surface area contributed by atoms with E-state index in [1.165, 1.54) is 25.7 Å². The minimum absolute atomic E-state index is 0.326.